The smallest absolute Gasteiger partial charge is 0.243 e. The highest BCUT2D eigenvalue weighted by molar-refractivity contribution is 5.86. The highest BCUT2D eigenvalue weighted by Crippen LogP contribution is 1.93. The first-order valence-electron chi connectivity index (χ1n) is 4.68. The van der Waals surface area contributed by atoms with Gasteiger partial charge < -0.3 is 10.1 Å². The zero-order valence-electron chi connectivity index (χ0n) is 8.51. The first-order chi connectivity index (χ1) is 6.16. The van der Waals surface area contributed by atoms with Gasteiger partial charge >= 0.3 is 0 Å². The van der Waals surface area contributed by atoms with E-state index in [0.717, 1.165) is 19.4 Å². The Balaban J connectivity index is 3.08. The number of hydrogen-bond acceptors (Lipinski definition) is 2. The predicted molar refractivity (Wildman–Crippen MR) is 53.5 cm³/mol. The standard InChI is InChI=1S/C10H19NO2/c1-4-10(12)11-7-5-6-8-13-9(2)3/h4,9H,1,5-8H2,2-3H3,(H,11,12). The number of rotatable bonds is 7. The Labute approximate surface area is 80.2 Å². The van der Waals surface area contributed by atoms with E-state index in [-0.39, 0.29) is 5.91 Å². The van der Waals surface area contributed by atoms with Crippen LogP contribution in [0.15, 0.2) is 12.7 Å². The number of unbranched alkanes of at least 4 members (excludes halogenated alkanes) is 1. The van der Waals surface area contributed by atoms with Crippen LogP contribution in [0.5, 0.6) is 0 Å². The Morgan fingerprint density at radius 1 is 1.54 bits per heavy atom. The molecule has 0 fully saturated rings. The normalized spacial score (nSPS) is 10.1. The number of hydrogen-bond donors (Lipinski definition) is 1. The summed E-state index contributed by atoms with van der Waals surface area (Å²) in [4.78, 5) is 10.7. The van der Waals surface area contributed by atoms with E-state index >= 15 is 0 Å². The van der Waals surface area contributed by atoms with E-state index in [0.29, 0.717) is 12.6 Å². The summed E-state index contributed by atoms with van der Waals surface area (Å²) in [6, 6.07) is 0. The highest BCUT2D eigenvalue weighted by atomic mass is 16.5. The maximum absolute atomic E-state index is 10.7. The fourth-order valence-electron chi connectivity index (χ4n) is 0.830. The molecule has 0 bridgehead atoms. The van der Waals surface area contributed by atoms with Crippen molar-refractivity contribution in [3.05, 3.63) is 12.7 Å². The molecule has 0 saturated heterocycles. The van der Waals surface area contributed by atoms with Crippen LogP contribution in [0.1, 0.15) is 26.7 Å². The van der Waals surface area contributed by atoms with Crippen molar-refractivity contribution in [3.63, 3.8) is 0 Å². The Morgan fingerprint density at radius 2 is 2.23 bits per heavy atom. The summed E-state index contributed by atoms with van der Waals surface area (Å²) in [7, 11) is 0. The van der Waals surface area contributed by atoms with Crippen molar-refractivity contribution in [1.29, 1.82) is 0 Å². The van der Waals surface area contributed by atoms with Crippen molar-refractivity contribution in [1.82, 2.24) is 5.32 Å². The SMILES string of the molecule is C=CC(=O)NCCCCOC(C)C. The van der Waals surface area contributed by atoms with E-state index in [1.807, 2.05) is 13.8 Å². The minimum Gasteiger partial charge on any atom is -0.379 e. The number of nitrogens with one attached hydrogen (secondary N) is 1. The second kappa shape index (κ2) is 7.80. The molecule has 0 aromatic rings. The molecular formula is C10H19NO2. The van der Waals surface area contributed by atoms with E-state index in [1.54, 1.807) is 0 Å². The number of amides is 1. The third-order valence-corrected chi connectivity index (χ3v) is 1.51. The summed E-state index contributed by atoms with van der Waals surface area (Å²) in [5.74, 6) is -0.107. The van der Waals surface area contributed by atoms with Gasteiger partial charge in [-0.1, -0.05) is 6.58 Å². The lowest BCUT2D eigenvalue weighted by molar-refractivity contribution is -0.116. The zero-order valence-corrected chi connectivity index (χ0v) is 8.51. The molecule has 0 unspecified atom stereocenters. The van der Waals surface area contributed by atoms with Gasteiger partial charge in [-0.15, -0.1) is 0 Å². The Bertz CT molecular complexity index is 155. The first kappa shape index (κ1) is 12.2. The zero-order chi connectivity index (χ0) is 10.1. The maximum Gasteiger partial charge on any atom is 0.243 e. The minimum atomic E-state index is -0.107. The quantitative estimate of drug-likeness (QED) is 0.482. The predicted octanol–water partition coefficient (Wildman–Crippen LogP) is 1.49. The van der Waals surface area contributed by atoms with E-state index in [4.69, 9.17) is 4.74 Å². The van der Waals surface area contributed by atoms with Crippen LogP contribution in [0.25, 0.3) is 0 Å². The van der Waals surface area contributed by atoms with Gasteiger partial charge in [-0.3, -0.25) is 4.79 Å². The molecule has 1 N–H and O–H groups in total. The average Bonchev–Trinajstić information content (AvgIpc) is 2.10. The third-order valence-electron chi connectivity index (χ3n) is 1.51. The fourth-order valence-corrected chi connectivity index (χ4v) is 0.830. The molecule has 0 atom stereocenters. The minimum absolute atomic E-state index is 0.107. The molecule has 0 rings (SSSR count). The average molecular weight is 185 g/mol. The second-order valence-corrected chi connectivity index (χ2v) is 3.12. The molecule has 76 valence electrons. The monoisotopic (exact) mass is 185 g/mol. The van der Waals surface area contributed by atoms with Gasteiger partial charge in [0.25, 0.3) is 0 Å². The lowest BCUT2D eigenvalue weighted by Crippen LogP contribution is -2.22. The summed E-state index contributed by atoms with van der Waals surface area (Å²) in [5.41, 5.74) is 0. The molecule has 3 heteroatoms. The third kappa shape index (κ3) is 9.08. The Kier molecular flexibility index (Phi) is 7.30. The summed E-state index contributed by atoms with van der Waals surface area (Å²) in [6.07, 6.45) is 3.51. The molecule has 0 aromatic carbocycles. The largest absolute Gasteiger partial charge is 0.379 e. The summed E-state index contributed by atoms with van der Waals surface area (Å²) >= 11 is 0. The molecule has 0 saturated carbocycles. The molecule has 3 nitrogen and oxygen atoms in total. The highest BCUT2D eigenvalue weighted by Gasteiger charge is 1.94. The van der Waals surface area contributed by atoms with Crippen LogP contribution >= 0.6 is 0 Å². The topological polar surface area (TPSA) is 38.3 Å². The van der Waals surface area contributed by atoms with Gasteiger partial charge in [-0.25, -0.2) is 0 Å². The van der Waals surface area contributed by atoms with Crippen molar-refractivity contribution in [2.45, 2.75) is 32.8 Å². The number of ether oxygens (including phenoxy) is 1. The lowest BCUT2D eigenvalue weighted by Gasteiger charge is -2.06. The summed E-state index contributed by atoms with van der Waals surface area (Å²) in [6.45, 7) is 8.86. The molecule has 0 aromatic heterocycles. The summed E-state index contributed by atoms with van der Waals surface area (Å²) in [5, 5.41) is 2.71. The molecule has 13 heavy (non-hydrogen) atoms. The molecule has 0 aliphatic heterocycles. The van der Waals surface area contributed by atoms with E-state index in [9.17, 15) is 4.79 Å². The van der Waals surface area contributed by atoms with Crippen molar-refractivity contribution >= 4 is 5.91 Å². The van der Waals surface area contributed by atoms with Gasteiger partial charge in [0, 0.05) is 13.2 Å². The van der Waals surface area contributed by atoms with Crippen LogP contribution in [0.3, 0.4) is 0 Å². The number of carbonyl (C=O) groups excluding carboxylic acids is 1. The van der Waals surface area contributed by atoms with Crippen LogP contribution in [-0.2, 0) is 9.53 Å². The van der Waals surface area contributed by atoms with Crippen LogP contribution in [0.2, 0.25) is 0 Å². The second-order valence-electron chi connectivity index (χ2n) is 3.12. The van der Waals surface area contributed by atoms with Gasteiger partial charge in [0.1, 0.15) is 0 Å². The summed E-state index contributed by atoms with van der Waals surface area (Å²) < 4.78 is 5.34. The van der Waals surface area contributed by atoms with Gasteiger partial charge in [0.05, 0.1) is 6.10 Å². The van der Waals surface area contributed by atoms with Crippen molar-refractivity contribution in [2.75, 3.05) is 13.2 Å². The van der Waals surface area contributed by atoms with E-state index < -0.39 is 0 Å². The van der Waals surface area contributed by atoms with Crippen molar-refractivity contribution < 1.29 is 9.53 Å². The van der Waals surface area contributed by atoms with E-state index in [1.165, 1.54) is 6.08 Å². The van der Waals surface area contributed by atoms with Crippen LogP contribution in [-0.4, -0.2) is 25.2 Å². The van der Waals surface area contributed by atoms with Crippen LogP contribution < -0.4 is 5.32 Å². The molecule has 0 heterocycles. The van der Waals surface area contributed by atoms with Crippen LogP contribution in [0, 0.1) is 0 Å². The van der Waals surface area contributed by atoms with Crippen molar-refractivity contribution in [2.24, 2.45) is 0 Å². The van der Waals surface area contributed by atoms with Gasteiger partial charge in [0.2, 0.25) is 5.91 Å². The Hall–Kier alpha value is -0.830. The molecule has 0 radical (unpaired) electrons. The molecular weight excluding hydrogens is 166 g/mol. The van der Waals surface area contributed by atoms with Gasteiger partial charge in [-0.05, 0) is 32.8 Å². The fraction of sp³-hybridized carbons (Fsp3) is 0.700. The molecule has 1 amide bonds. The molecule has 0 aliphatic carbocycles. The Morgan fingerprint density at radius 3 is 2.77 bits per heavy atom. The first-order valence-corrected chi connectivity index (χ1v) is 4.68. The molecule has 0 aliphatic rings. The van der Waals surface area contributed by atoms with Gasteiger partial charge in [0.15, 0.2) is 0 Å². The van der Waals surface area contributed by atoms with Crippen LogP contribution in [0.4, 0.5) is 0 Å². The van der Waals surface area contributed by atoms with Gasteiger partial charge in [-0.2, -0.15) is 0 Å². The molecule has 0 spiro atoms. The maximum atomic E-state index is 10.7. The lowest BCUT2D eigenvalue weighted by atomic mass is 10.3. The van der Waals surface area contributed by atoms with E-state index in [2.05, 4.69) is 11.9 Å². The van der Waals surface area contributed by atoms with Crippen molar-refractivity contribution in [3.8, 4) is 0 Å². The number of carbonyl (C=O) groups is 1.